The summed E-state index contributed by atoms with van der Waals surface area (Å²) in [4.78, 5) is 16.5. The van der Waals surface area contributed by atoms with Crippen LogP contribution in [0.4, 0.5) is 5.82 Å². The van der Waals surface area contributed by atoms with Gasteiger partial charge in [0.25, 0.3) is 0 Å². The molecule has 0 radical (unpaired) electrons. The van der Waals surface area contributed by atoms with Gasteiger partial charge in [-0.1, -0.05) is 25.8 Å². The molecule has 0 aromatic carbocycles. The van der Waals surface area contributed by atoms with Gasteiger partial charge in [0.15, 0.2) is 17.5 Å². The number of anilines is 1. The SMILES string of the molecule is CC[C@@H]1c2nnc(C)n2-c2cnc(-c3ccccn3)nc2N1C1CCCC1. The van der Waals surface area contributed by atoms with E-state index in [0.29, 0.717) is 11.9 Å². The lowest BCUT2D eigenvalue weighted by molar-refractivity contribution is 0.468. The number of nitrogens with zero attached hydrogens (tertiary/aromatic N) is 7. The van der Waals surface area contributed by atoms with Crippen molar-refractivity contribution in [2.45, 2.75) is 58.0 Å². The molecule has 3 aromatic rings. The van der Waals surface area contributed by atoms with Crippen molar-refractivity contribution in [1.29, 1.82) is 0 Å². The van der Waals surface area contributed by atoms with E-state index >= 15 is 0 Å². The second-order valence-electron chi connectivity index (χ2n) is 7.33. The zero-order valence-corrected chi connectivity index (χ0v) is 15.7. The molecule has 0 bridgehead atoms. The molecular formula is C20H23N7. The first-order valence-corrected chi connectivity index (χ1v) is 9.77. The van der Waals surface area contributed by atoms with Gasteiger partial charge >= 0.3 is 0 Å². The molecule has 1 atom stereocenters. The average Bonchev–Trinajstić information content (AvgIpc) is 3.37. The van der Waals surface area contributed by atoms with Crippen LogP contribution in [0.3, 0.4) is 0 Å². The summed E-state index contributed by atoms with van der Waals surface area (Å²) in [6.45, 7) is 4.21. The summed E-state index contributed by atoms with van der Waals surface area (Å²) in [5, 5.41) is 8.87. The topological polar surface area (TPSA) is 72.6 Å². The monoisotopic (exact) mass is 361 g/mol. The molecule has 1 saturated carbocycles. The van der Waals surface area contributed by atoms with Crippen molar-refractivity contribution in [3.63, 3.8) is 0 Å². The van der Waals surface area contributed by atoms with Crippen LogP contribution in [0.2, 0.25) is 0 Å². The van der Waals surface area contributed by atoms with E-state index in [1.54, 1.807) is 6.20 Å². The van der Waals surface area contributed by atoms with E-state index in [1.807, 2.05) is 31.3 Å². The van der Waals surface area contributed by atoms with Gasteiger partial charge in [-0.2, -0.15) is 0 Å². The van der Waals surface area contributed by atoms with E-state index in [0.717, 1.165) is 35.3 Å². The van der Waals surface area contributed by atoms with Crippen LogP contribution in [0, 0.1) is 6.92 Å². The van der Waals surface area contributed by atoms with Crippen molar-refractivity contribution in [3.05, 3.63) is 42.2 Å². The highest BCUT2D eigenvalue weighted by Crippen LogP contribution is 2.43. The highest BCUT2D eigenvalue weighted by Gasteiger charge is 2.39. The van der Waals surface area contributed by atoms with E-state index < -0.39 is 0 Å². The normalized spacial score (nSPS) is 19.2. The number of hydrogen-bond donors (Lipinski definition) is 0. The molecule has 4 heterocycles. The Bertz CT molecular complexity index is 960. The van der Waals surface area contributed by atoms with E-state index in [1.165, 1.54) is 25.7 Å². The van der Waals surface area contributed by atoms with Gasteiger partial charge in [-0.15, -0.1) is 10.2 Å². The molecule has 0 unspecified atom stereocenters. The maximum absolute atomic E-state index is 5.00. The molecule has 2 aliphatic rings. The van der Waals surface area contributed by atoms with Crippen LogP contribution in [0.1, 0.15) is 56.7 Å². The van der Waals surface area contributed by atoms with E-state index in [-0.39, 0.29) is 6.04 Å². The number of aryl methyl sites for hydroxylation is 1. The van der Waals surface area contributed by atoms with Crippen LogP contribution in [0.15, 0.2) is 30.6 Å². The van der Waals surface area contributed by atoms with Crippen molar-refractivity contribution < 1.29 is 0 Å². The van der Waals surface area contributed by atoms with Gasteiger partial charge in [-0.3, -0.25) is 9.55 Å². The first-order chi connectivity index (χ1) is 13.3. The molecule has 7 heteroatoms. The molecule has 5 rings (SSSR count). The largest absolute Gasteiger partial charge is 0.341 e. The van der Waals surface area contributed by atoms with Crippen LogP contribution in [-0.2, 0) is 0 Å². The van der Waals surface area contributed by atoms with Gasteiger partial charge in [0.1, 0.15) is 17.2 Å². The van der Waals surface area contributed by atoms with Gasteiger partial charge in [0, 0.05) is 12.2 Å². The smallest absolute Gasteiger partial charge is 0.180 e. The van der Waals surface area contributed by atoms with Gasteiger partial charge in [-0.25, -0.2) is 9.97 Å². The van der Waals surface area contributed by atoms with Crippen molar-refractivity contribution in [1.82, 2.24) is 29.7 Å². The highest BCUT2D eigenvalue weighted by molar-refractivity contribution is 5.65. The molecule has 0 amide bonds. The molecule has 1 aliphatic carbocycles. The van der Waals surface area contributed by atoms with E-state index in [4.69, 9.17) is 4.98 Å². The summed E-state index contributed by atoms with van der Waals surface area (Å²) in [6, 6.07) is 6.51. The Morgan fingerprint density at radius 2 is 1.96 bits per heavy atom. The Kier molecular flexibility index (Phi) is 3.88. The van der Waals surface area contributed by atoms with E-state index in [2.05, 4.69) is 36.6 Å². The summed E-state index contributed by atoms with van der Waals surface area (Å²) < 4.78 is 2.12. The van der Waals surface area contributed by atoms with Crippen LogP contribution in [0.5, 0.6) is 0 Å². The molecule has 1 aliphatic heterocycles. The minimum Gasteiger partial charge on any atom is -0.341 e. The Labute approximate surface area is 158 Å². The highest BCUT2D eigenvalue weighted by atomic mass is 15.4. The van der Waals surface area contributed by atoms with Crippen LogP contribution in [0.25, 0.3) is 17.2 Å². The molecule has 27 heavy (non-hydrogen) atoms. The number of rotatable bonds is 3. The quantitative estimate of drug-likeness (QED) is 0.709. The lowest BCUT2D eigenvalue weighted by Gasteiger charge is -2.41. The lowest BCUT2D eigenvalue weighted by atomic mass is 10.0. The third kappa shape index (κ3) is 2.52. The number of fused-ring (bicyclic) bond motifs is 3. The maximum Gasteiger partial charge on any atom is 0.180 e. The van der Waals surface area contributed by atoms with Crippen molar-refractivity contribution >= 4 is 5.82 Å². The number of hydrogen-bond acceptors (Lipinski definition) is 6. The molecule has 1 fully saturated rings. The molecular weight excluding hydrogens is 338 g/mol. The third-order valence-electron chi connectivity index (χ3n) is 5.72. The standard InChI is InChI=1S/C20H23N7/c1-3-16-20-25-24-13(2)26(20)17-12-22-18(15-10-6-7-11-21-15)23-19(17)27(16)14-8-4-5-9-14/h6-7,10-12,14,16H,3-5,8-9H2,1-2H3/t16-/m1/s1. The second kappa shape index (κ2) is 6.40. The van der Waals surface area contributed by atoms with Crippen molar-refractivity contribution in [2.24, 2.45) is 0 Å². The van der Waals surface area contributed by atoms with Gasteiger partial charge in [0.05, 0.1) is 12.2 Å². The third-order valence-corrected chi connectivity index (χ3v) is 5.72. The fourth-order valence-electron chi connectivity index (χ4n) is 4.49. The molecule has 0 saturated heterocycles. The fraction of sp³-hybridized carbons (Fsp3) is 0.450. The first kappa shape index (κ1) is 16.4. The van der Waals surface area contributed by atoms with Crippen LogP contribution < -0.4 is 4.90 Å². The summed E-state index contributed by atoms with van der Waals surface area (Å²) in [7, 11) is 0. The molecule has 0 N–H and O–H groups in total. The molecule has 3 aromatic heterocycles. The summed E-state index contributed by atoms with van der Waals surface area (Å²) >= 11 is 0. The van der Waals surface area contributed by atoms with Crippen LogP contribution in [-0.4, -0.2) is 35.8 Å². The van der Waals surface area contributed by atoms with Crippen LogP contribution >= 0.6 is 0 Å². The summed E-state index contributed by atoms with van der Waals surface area (Å²) in [5.74, 6) is 3.54. The molecule has 0 spiro atoms. The maximum atomic E-state index is 5.00. The molecule has 138 valence electrons. The minimum atomic E-state index is 0.188. The molecule has 7 nitrogen and oxygen atoms in total. The van der Waals surface area contributed by atoms with Gasteiger partial charge in [-0.05, 0) is 38.3 Å². The predicted octanol–water partition coefficient (Wildman–Crippen LogP) is 3.64. The number of pyridine rings is 1. The lowest BCUT2D eigenvalue weighted by Crippen LogP contribution is -2.42. The minimum absolute atomic E-state index is 0.188. The summed E-state index contributed by atoms with van der Waals surface area (Å²) in [5.41, 5.74) is 1.77. The van der Waals surface area contributed by atoms with Crippen molar-refractivity contribution in [2.75, 3.05) is 4.90 Å². The van der Waals surface area contributed by atoms with E-state index in [9.17, 15) is 0 Å². The average molecular weight is 361 g/mol. The van der Waals surface area contributed by atoms with Gasteiger partial charge in [0.2, 0.25) is 0 Å². The second-order valence-corrected chi connectivity index (χ2v) is 7.33. The Morgan fingerprint density at radius 3 is 2.70 bits per heavy atom. The Morgan fingerprint density at radius 1 is 1.11 bits per heavy atom. The fourth-order valence-corrected chi connectivity index (χ4v) is 4.49. The van der Waals surface area contributed by atoms with Crippen molar-refractivity contribution in [3.8, 4) is 17.2 Å². The Hall–Kier alpha value is -2.83. The zero-order valence-electron chi connectivity index (χ0n) is 15.7. The predicted molar refractivity (Wildman–Crippen MR) is 103 cm³/mol. The Balaban J connectivity index is 1.72. The van der Waals surface area contributed by atoms with Gasteiger partial charge < -0.3 is 4.90 Å². The first-order valence-electron chi connectivity index (χ1n) is 9.77. The summed E-state index contributed by atoms with van der Waals surface area (Å²) in [6.07, 6.45) is 9.60. The zero-order chi connectivity index (χ0) is 18.4. The number of aromatic nitrogens is 6.